The molecule has 1 fully saturated rings. The van der Waals surface area contributed by atoms with Gasteiger partial charge in [0.25, 0.3) is 0 Å². The van der Waals surface area contributed by atoms with E-state index in [1.54, 1.807) is 0 Å². The molecule has 24 heavy (non-hydrogen) atoms. The van der Waals surface area contributed by atoms with Gasteiger partial charge in [-0.15, -0.1) is 0 Å². The van der Waals surface area contributed by atoms with Gasteiger partial charge in [-0.1, -0.05) is 29.8 Å². The molecule has 0 aromatic heterocycles. The summed E-state index contributed by atoms with van der Waals surface area (Å²) in [5.41, 5.74) is 6.92. The molecule has 0 bridgehead atoms. The quantitative estimate of drug-likeness (QED) is 0.512. The fourth-order valence-corrected chi connectivity index (χ4v) is 3.04. The molecule has 2 aromatic rings. The molecular weight excluding hydrogens is 300 g/mol. The summed E-state index contributed by atoms with van der Waals surface area (Å²) in [6.07, 6.45) is 0.317. The third-order valence-corrected chi connectivity index (χ3v) is 4.51. The van der Waals surface area contributed by atoms with E-state index >= 15 is 0 Å². The maximum Gasteiger partial charge on any atom is 0.238 e. The second-order valence-corrected chi connectivity index (χ2v) is 6.22. The Kier molecular flexibility index (Phi) is 5.01. The lowest BCUT2D eigenvalue weighted by Gasteiger charge is -2.37. The van der Waals surface area contributed by atoms with E-state index in [0.29, 0.717) is 6.42 Å². The lowest BCUT2D eigenvalue weighted by atomic mass is 10.1. The molecule has 5 nitrogen and oxygen atoms in total. The predicted octanol–water partition coefficient (Wildman–Crippen LogP) is 1.85. The van der Waals surface area contributed by atoms with Crippen LogP contribution < -0.4 is 21.1 Å². The van der Waals surface area contributed by atoms with Crippen LogP contribution in [0.1, 0.15) is 11.1 Å². The average Bonchev–Trinajstić information content (AvgIpc) is 2.63. The topological polar surface area (TPSA) is 61.6 Å². The van der Waals surface area contributed by atoms with E-state index in [4.69, 9.17) is 5.84 Å². The molecule has 1 saturated heterocycles. The van der Waals surface area contributed by atoms with Crippen LogP contribution in [0.25, 0.3) is 0 Å². The van der Waals surface area contributed by atoms with Crippen molar-refractivity contribution in [3.05, 3.63) is 59.7 Å². The minimum absolute atomic E-state index is 0.172. The van der Waals surface area contributed by atoms with Crippen molar-refractivity contribution >= 4 is 17.3 Å². The van der Waals surface area contributed by atoms with Gasteiger partial charge in [0.2, 0.25) is 5.91 Å². The van der Waals surface area contributed by atoms with Crippen LogP contribution >= 0.6 is 0 Å². The van der Waals surface area contributed by atoms with Crippen LogP contribution in [0.4, 0.5) is 11.4 Å². The standard InChI is InChI=1S/C19H24N4O/c1-15-2-6-17(7-3-15)22-10-12-23(13-11-22)18-8-4-16(5-9-18)14-19(24)21-20/h2-9H,10-14,20H2,1H3,(H,21,24). The molecule has 5 heteroatoms. The van der Waals surface area contributed by atoms with E-state index in [-0.39, 0.29) is 5.91 Å². The molecular formula is C19H24N4O. The first-order valence-electron chi connectivity index (χ1n) is 8.30. The van der Waals surface area contributed by atoms with Crippen molar-refractivity contribution in [3.63, 3.8) is 0 Å². The van der Waals surface area contributed by atoms with E-state index in [1.807, 2.05) is 12.1 Å². The molecule has 0 atom stereocenters. The van der Waals surface area contributed by atoms with Gasteiger partial charge in [-0.3, -0.25) is 10.2 Å². The van der Waals surface area contributed by atoms with Gasteiger partial charge in [0.15, 0.2) is 0 Å². The highest BCUT2D eigenvalue weighted by molar-refractivity contribution is 5.78. The second kappa shape index (κ2) is 7.36. The second-order valence-electron chi connectivity index (χ2n) is 6.22. The highest BCUT2D eigenvalue weighted by Gasteiger charge is 2.17. The Morgan fingerprint density at radius 1 is 0.917 bits per heavy atom. The van der Waals surface area contributed by atoms with Crippen molar-refractivity contribution in [1.29, 1.82) is 0 Å². The van der Waals surface area contributed by atoms with Crippen molar-refractivity contribution < 1.29 is 4.79 Å². The number of nitrogens with two attached hydrogens (primary N) is 1. The Balaban J connectivity index is 1.58. The number of anilines is 2. The normalized spacial score (nSPS) is 14.6. The van der Waals surface area contributed by atoms with Gasteiger partial charge < -0.3 is 9.80 Å². The van der Waals surface area contributed by atoms with Crippen LogP contribution in [0.2, 0.25) is 0 Å². The smallest absolute Gasteiger partial charge is 0.238 e. The largest absolute Gasteiger partial charge is 0.368 e. The summed E-state index contributed by atoms with van der Waals surface area (Å²) in [5, 5.41) is 0. The zero-order valence-corrected chi connectivity index (χ0v) is 14.0. The van der Waals surface area contributed by atoms with Crippen LogP contribution in [0.5, 0.6) is 0 Å². The highest BCUT2D eigenvalue weighted by atomic mass is 16.2. The van der Waals surface area contributed by atoms with Gasteiger partial charge in [-0.2, -0.15) is 0 Å². The zero-order chi connectivity index (χ0) is 16.9. The molecule has 0 unspecified atom stereocenters. The highest BCUT2D eigenvalue weighted by Crippen LogP contribution is 2.21. The first kappa shape index (κ1) is 16.3. The first-order valence-corrected chi connectivity index (χ1v) is 8.30. The third-order valence-electron chi connectivity index (χ3n) is 4.51. The molecule has 3 N–H and O–H groups in total. The van der Waals surface area contributed by atoms with Crippen molar-refractivity contribution in [2.45, 2.75) is 13.3 Å². The first-order chi connectivity index (χ1) is 11.7. The van der Waals surface area contributed by atoms with Gasteiger partial charge in [-0.05, 0) is 36.8 Å². The summed E-state index contributed by atoms with van der Waals surface area (Å²) >= 11 is 0. The number of benzene rings is 2. The molecule has 0 aliphatic carbocycles. The summed E-state index contributed by atoms with van der Waals surface area (Å²) in [6, 6.07) is 16.9. The number of carbonyl (C=O) groups excluding carboxylic acids is 1. The molecule has 1 aliphatic heterocycles. The number of hydrogen-bond donors (Lipinski definition) is 2. The minimum Gasteiger partial charge on any atom is -0.368 e. The number of hydrazine groups is 1. The van der Waals surface area contributed by atoms with Gasteiger partial charge in [0.05, 0.1) is 6.42 Å². The maximum absolute atomic E-state index is 11.3. The lowest BCUT2D eigenvalue weighted by Crippen LogP contribution is -2.46. The molecule has 3 rings (SSSR count). The Hall–Kier alpha value is -2.53. The minimum atomic E-state index is -0.172. The molecule has 2 aromatic carbocycles. The lowest BCUT2D eigenvalue weighted by molar-refractivity contribution is -0.120. The van der Waals surface area contributed by atoms with Gasteiger partial charge in [0, 0.05) is 37.6 Å². The SMILES string of the molecule is Cc1ccc(N2CCN(c3ccc(CC(=O)NN)cc3)CC2)cc1. The van der Waals surface area contributed by atoms with E-state index in [2.05, 4.69) is 58.5 Å². The van der Waals surface area contributed by atoms with Gasteiger partial charge in [0.1, 0.15) is 0 Å². The number of piperazine rings is 1. The number of nitrogens with zero attached hydrogens (tertiary/aromatic N) is 2. The Labute approximate surface area is 143 Å². The summed E-state index contributed by atoms with van der Waals surface area (Å²) in [4.78, 5) is 16.1. The number of aryl methyl sites for hydroxylation is 1. The van der Waals surface area contributed by atoms with Gasteiger partial charge in [-0.25, -0.2) is 5.84 Å². The summed E-state index contributed by atoms with van der Waals surface area (Å²) in [5.74, 6) is 4.95. The van der Waals surface area contributed by atoms with E-state index < -0.39 is 0 Å². The number of hydrogen-bond acceptors (Lipinski definition) is 4. The Bertz CT molecular complexity index is 674. The molecule has 0 spiro atoms. The average molecular weight is 324 g/mol. The van der Waals surface area contributed by atoms with Crippen molar-refractivity contribution in [1.82, 2.24) is 5.43 Å². The number of nitrogens with one attached hydrogen (secondary N) is 1. The molecule has 1 aliphatic rings. The van der Waals surface area contributed by atoms with Crippen LogP contribution in [-0.2, 0) is 11.2 Å². The van der Waals surface area contributed by atoms with Gasteiger partial charge >= 0.3 is 0 Å². The summed E-state index contributed by atoms with van der Waals surface area (Å²) in [6.45, 7) is 6.14. The maximum atomic E-state index is 11.3. The van der Waals surface area contributed by atoms with Crippen molar-refractivity contribution in [2.75, 3.05) is 36.0 Å². The zero-order valence-electron chi connectivity index (χ0n) is 14.0. The van der Waals surface area contributed by atoms with E-state index in [0.717, 1.165) is 31.7 Å². The van der Waals surface area contributed by atoms with Crippen LogP contribution in [0, 0.1) is 6.92 Å². The molecule has 0 saturated carbocycles. The Morgan fingerprint density at radius 3 is 1.83 bits per heavy atom. The Morgan fingerprint density at radius 2 is 1.38 bits per heavy atom. The van der Waals surface area contributed by atoms with Crippen LogP contribution in [0.3, 0.4) is 0 Å². The molecule has 1 heterocycles. The number of carbonyl (C=O) groups is 1. The fraction of sp³-hybridized carbons (Fsp3) is 0.316. The van der Waals surface area contributed by atoms with Crippen molar-refractivity contribution in [3.8, 4) is 0 Å². The number of amides is 1. The predicted molar refractivity (Wildman–Crippen MR) is 98.1 cm³/mol. The van der Waals surface area contributed by atoms with Crippen LogP contribution in [-0.4, -0.2) is 32.1 Å². The van der Waals surface area contributed by atoms with E-state index in [1.165, 1.54) is 16.9 Å². The summed E-state index contributed by atoms with van der Waals surface area (Å²) in [7, 11) is 0. The van der Waals surface area contributed by atoms with Crippen LogP contribution in [0.15, 0.2) is 48.5 Å². The van der Waals surface area contributed by atoms with E-state index in [9.17, 15) is 4.79 Å². The number of rotatable bonds is 4. The molecule has 126 valence electrons. The molecule has 0 radical (unpaired) electrons. The van der Waals surface area contributed by atoms with Crippen molar-refractivity contribution in [2.24, 2.45) is 5.84 Å². The third kappa shape index (κ3) is 3.86. The molecule has 1 amide bonds. The monoisotopic (exact) mass is 324 g/mol. The fourth-order valence-electron chi connectivity index (χ4n) is 3.04. The summed E-state index contributed by atoms with van der Waals surface area (Å²) < 4.78 is 0.